The molecule has 21 heavy (non-hydrogen) atoms. The first-order valence-electron chi connectivity index (χ1n) is 7.80. The molecule has 5 heteroatoms. The SMILES string of the molecule is CCCn1cc(Br)cc1C(=O)NCC1(O)CCC(C)CC1. The van der Waals surface area contributed by atoms with Crippen molar-refractivity contribution in [2.75, 3.05) is 6.54 Å². The fourth-order valence-corrected chi connectivity index (χ4v) is 3.37. The number of nitrogens with zero attached hydrogens (tertiary/aromatic N) is 1. The number of nitrogens with one attached hydrogen (secondary N) is 1. The van der Waals surface area contributed by atoms with Crippen molar-refractivity contribution in [3.8, 4) is 0 Å². The minimum Gasteiger partial charge on any atom is -0.388 e. The lowest BCUT2D eigenvalue weighted by molar-refractivity contribution is -0.00546. The summed E-state index contributed by atoms with van der Waals surface area (Å²) in [5, 5.41) is 13.4. The molecule has 1 aromatic heterocycles. The molecule has 118 valence electrons. The van der Waals surface area contributed by atoms with Gasteiger partial charge in [-0.2, -0.15) is 0 Å². The van der Waals surface area contributed by atoms with Gasteiger partial charge in [0.2, 0.25) is 0 Å². The quantitative estimate of drug-likeness (QED) is 0.849. The van der Waals surface area contributed by atoms with E-state index in [0.29, 0.717) is 18.2 Å². The molecule has 0 atom stereocenters. The molecule has 2 N–H and O–H groups in total. The van der Waals surface area contributed by atoms with Crippen molar-refractivity contribution in [2.24, 2.45) is 5.92 Å². The summed E-state index contributed by atoms with van der Waals surface area (Å²) in [5.74, 6) is 0.569. The Morgan fingerprint density at radius 1 is 1.52 bits per heavy atom. The van der Waals surface area contributed by atoms with Crippen LogP contribution >= 0.6 is 15.9 Å². The lowest BCUT2D eigenvalue weighted by Crippen LogP contribution is -2.45. The Morgan fingerprint density at radius 3 is 2.81 bits per heavy atom. The summed E-state index contributed by atoms with van der Waals surface area (Å²) in [6.07, 6.45) is 6.51. The van der Waals surface area contributed by atoms with E-state index in [9.17, 15) is 9.90 Å². The monoisotopic (exact) mass is 356 g/mol. The highest BCUT2D eigenvalue weighted by Crippen LogP contribution is 2.31. The van der Waals surface area contributed by atoms with Gasteiger partial charge in [-0.15, -0.1) is 0 Å². The largest absolute Gasteiger partial charge is 0.388 e. The van der Waals surface area contributed by atoms with Gasteiger partial charge in [-0.3, -0.25) is 4.79 Å². The standard InChI is InChI=1S/C16H25BrN2O2/c1-3-8-19-10-13(17)9-14(19)15(20)18-11-16(21)6-4-12(2)5-7-16/h9-10,12,21H,3-8,11H2,1-2H3,(H,18,20). The third-order valence-corrected chi connectivity index (χ3v) is 4.78. The Bertz CT molecular complexity index is 490. The van der Waals surface area contributed by atoms with Crippen LogP contribution in [0.1, 0.15) is 56.4 Å². The predicted octanol–water partition coefficient (Wildman–Crippen LogP) is 3.33. The zero-order valence-electron chi connectivity index (χ0n) is 12.9. The molecule has 0 radical (unpaired) electrons. The molecule has 2 rings (SSSR count). The number of aliphatic hydroxyl groups is 1. The number of hydrogen-bond donors (Lipinski definition) is 2. The second-order valence-corrected chi connectivity index (χ2v) is 7.24. The molecule has 0 spiro atoms. The highest BCUT2D eigenvalue weighted by atomic mass is 79.9. The van der Waals surface area contributed by atoms with Crippen LogP contribution in [0, 0.1) is 5.92 Å². The molecule has 1 saturated carbocycles. The molecule has 1 aliphatic carbocycles. The Balaban J connectivity index is 1.95. The molecule has 4 nitrogen and oxygen atoms in total. The van der Waals surface area contributed by atoms with E-state index in [-0.39, 0.29) is 5.91 Å². The normalized spacial score (nSPS) is 25.8. The zero-order chi connectivity index (χ0) is 15.5. The van der Waals surface area contributed by atoms with Gasteiger partial charge in [0.05, 0.1) is 5.60 Å². The molecular formula is C16H25BrN2O2. The van der Waals surface area contributed by atoms with Crippen LogP contribution in [0.3, 0.4) is 0 Å². The summed E-state index contributed by atoms with van der Waals surface area (Å²) in [6, 6.07) is 1.83. The highest BCUT2D eigenvalue weighted by Gasteiger charge is 2.32. The van der Waals surface area contributed by atoms with Crippen molar-refractivity contribution in [1.82, 2.24) is 9.88 Å². The predicted molar refractivity (Wildman–Crippen MR) is 87.3 cm³/mol. The first-order valence-corrected chi connectivity index (χ1v) is 8.59. The molecule has 1 amide bonds. The van der Waals surface area contributed by atoms with Gasteiger partial charge in [0.1, 0.15) is 5.69 Å². The topological polar surface area (TPSA) is 54.3 Å². The van der Waals surface area contributed by atoms with E-state index in [1.807, 2.05) is 16.8 Å². The van der Waals surface area contributed by atoms with E-state index >= 15 is 0 Å². The number of carbonyl (C=O) groups is 1. The lowest BCUT2D eigenvalue weighted by atomic mass is 9.79. The minimum atomic E-state index is -0.735. The third kappa shape index (κ3) is 4.33. The van der Waals surface area contributed by atoms with Crippen molar-refractivity contribution in [3.05, 3.63) is 22.4 Å². The second kappa shape index (κ2) is 6.97. The number of carbonyl (C=O) groups excluding carboxylic acids is 1. The van der Waals surface area contributed by atoms with Crippen molar-refractivity contribution in [2.45, 2.75) is 58.1 Å². The summed E-state index contributed by atoms with van der Waals surface area (Å²) in [5.41, 5.74) is -0.0850. The van der Waals surface area contributed by atoms with Crippen LogP contribution in [0.4, 0.5) is 0 Å². The van der Waals surface area contributed by atoms with Crippen LogP contribution < -0.4 is 5.32 Å². The first-order chi connectivity index (χ1) is 9.93. The van der Waals surface area contributed by atoms with Crippen molar-refractivity contribution < 1.29 is 9.90 Å². The number of aromatic nitrogens is 1. The van der Waals surface area contributed by atoms with Gasteiger partial charge >= 0.3 is 0 Å². The Hall–Kier alpha value is -0.810. The summed E-state index contributed by atoms with van der Waals surface area (Å²) < 4.78 is 2.86. The minimum absolute atomic E-state index is 0.110. The fraction of sp³-hybridized carbons (Fsp3) is 0.688. The van der Waals surface area contributed by atoms with Gasteiger partial charge in [-0.05, 0) is 60.0 Å². The molecule has 0 unspecified atom stereocenters. The van der Waals surface area contributed by atoms with Crippen molar-refractivity contribution >= 4 is 21.8 Å². The summed E-state index contributed by atoms with van der Waals surface area (Å²) >= 11 is 3.42. The van der Waals surface area contributed by atoms with Crippen LogP contribution in [-0.4, -0.2) is 27.7 Å². The van der Waals surface area contributed by atoms with E-state index in [0.717, 1.165) is 43.1 Å². The number of amides is 1. The Kier molecular flexibility index (Phi) is 5.49. The average Bonchev–Trinajstić information content (AvgIpc) is 2.81. The van der Waals surface area contributed by atoms with Gasteiger partial charge < -0.3 is 15.0 Å². The lowest BCUT2D eigenvalue weighted by Gasteiger charge is -2.34. The van der Waals surface area contributed by atoms with E-state index in [1.54, 1.807) is 0 Å². The van der Waals surface area contributed by atoms with Crippen LogP contribution in [-0.2, 0) is 6.54 Å². The Labute approximate surface area is 135 Å². The maximum Gasteiger partial charge on any atom is 0.268 e. The highest BCUT2D eigenvalue weighted by molar-refractivity contribution is 9.10. The molecule has 0 aromatic carbocycles. The number of rotatable bonds is 5. The molecule has 0 aliphatic heterocycles. The van der Waals surface area contributed by atoms with Crippen LogP contribution in [0.25, 0.3) is 0 Å². The van der Waals surface area contributed by atoms with E-state index in [1.165, 1.54) is 0 Å². The molecule has 1 aliphatic rings. The van der Waals surface area contributed by atoms with Crippen molar-refractivity contribution in [1.29, 1.82) is 0 Å². The van der Waals surface area contributed by atoms with Gasteiger partial charge in [0.25, 0.3) is 5.91 Å². The van der Waals surface area contributed by atoms with Gasteiger partial charge in [-0.1, -0.05) is 13.8 Å². The van der Waals surface area contributed by atoms with Crippen LogP contribution in [0.15, 0.2) is 16.7 Å². The molecule has 1 aromatic rings. The molecule has 0 bridgehead atoms. The molecule has 1 heterocycles. The molecule has 0 saturated heterocycles. The smallest absolute Gasteiger partial charge is 0.268 e. The van der Waals surface area contributed by atoms with Gasteiger partial charge in [-0.25, -0.2) is 0 Å². The Morgan fingerprint density at radius 2 is 2.19 bits per heavy atom. The van der Waals surface area contributed by atoms with Crippen LogP contribution in [0.5, 0.6) is 0 Å². The average molecular weight is 357 g/mol. The molecule has 1 fully saturated rings. The second-order valence-electron chi connectivity index (χ2n) is 6.33. The van der Waals surface area contributed by atoms with E-state index in [4.69, 9.17) is 0 Å². The van der Waals surface area contributed by atoms with Crippen LogP contribution in [0.2, 0.25) is 0 Å². The summed E-state index contributed by atoms with van der Waals surface area (Å²) in [6.45, 7) is 5.46. The number of hydrogen-bond acceptors (Lipinski definition) is 2. The van der Waals surface area contributed by atoms with Gasteiger partial charge in [0, 0.05) is 23.8 Å². The fourth-order valence-electron chi connectivity index (χ4n) is 2.90. The first kappa shape index (κ1) is 16.6. The number of halogens is 1. The summed E-state index contributed by atoms with van der Waals surface area (Å²) in [7, 11) is 0. The van der Waals surface area contributed by atoms with E-state index < -0.39 is 5.60 Å². The third-order valence-electron chi connectivity index (χ3n) is 4.34. The summed E-state index contributed by atoms with van der Waals surface area (Å²) in [4.78, 5) is 12.3. The molecular weight excluding hydrogens is 332 g/mol. The number of aryl methyl sites for hydroxylation is 1. The van der Waals surface area contributed by atoms with E-state index in [2.05, 4.69) is 35.1 Å². The zero-order valence-corrected chi connectivity index (χ0v) is 14.4. The van der Waals surface area contributed by atoms with Crippen molar-refractivity contribution in [3.63, 3.8) is 0 Å². The maximum atomic E-state index is 12.3. The van der Waals surface area contributed by atoms with Gasteiger partial charge in [0.15, 0.2) is 0 Å². The maximum absolute atomic E-state index is 12.3.